The molecule has 4 nitrogen and oxygen atoms in total. The third-order valence-corrected chi connectivity index (χ3v) is 2.25. The van der Waals surface area contributed by atoms with Gasteiger partial charge in [-0.25, -0.2) is 0 Å². The van der Waals surface area contributed by atoms with E-state index >= 15 is 0 Å². The summed E-state index contributed by atoms with van der Waals surface area (Å²) in [5, 5.41) is 37.0. The molecule has 0 bridgehead atoms. The van der Waals surface area contributed by atoms with E-state index in [4.69, 9.17) is 5.11 Å². The van der Waals surface area contributed by atoms with E-state index in [0.29, 0.717) is 0 Å². The number of hydrogen-bond acceptors (Lipinski definition) is 4. The molecule has 0 aromatic rings. The van der Waals surface area contributed by atoms with Crippen molar-refractivity contribution < 1.29 is 20.4 Å². The first-order chi connectivity index (χ1) is 5.91. The van der Waals surface area contributed by atoms with Gasteiger partial charge in [-0.2, -0.15) is 0 Å². The van der Waals surface area contributed by atoms with Crippen LogP contribution in [0.3, 0.4) is 0 Å². The fourth-order valence-electron chi connectivity index (χ4n) is 1.04. The summed E-state index contributed by atoms with van der Waals surface area (Å²) in [4.78, 5) is 0. The van der Waals surface area contributed by atoms with E-state index in [1.54, 1.807) is 20.8 Å². The van der Waals surface area contributed by atoms with E-state index in [-0.39, 0.29) is 12.5 Å². The molecule has 4 heteroatoms. The van der Waals surface area contributed by atoms with E-state index in [1.807, 2.05) is 0 Å². The zero-order valence-electron chi connectivity index (χ0n) is 8.38. The summed E-state index contributed by atoms with van der Waals surface area (Å²) < 4.78 is 0. The van der Waals surface area contributed by atoms with Crippen LogP contribution in [0.2, 0.25) is 0 Å². The summed E-state index contributed by atoms with van der Waals surface area (Å²) >= 11 is 0. The van der Waals surface area contributed by atoms with Gasteiger partial charge in [-0.15, -0.1) is 0 Å². The average Bonchev–Trinajstić information content (AvgIpc) is 2.12. The maximum atomic E-state index is 9.45. The van der Waals surface area contributed by atoms with Crippen LogP contribution in [0.5, 0.6) is 0 Å². The lowest BCUT2D eigenvalue weighted by atomic mass is 9.92. The molecule has 4 atom stereocenters. The Morgan fingerprint density at radius 3 is 1.62 bits per heavy atom. The van der Waals surface area contributed by atoms with Crippen LogP contribution in [0.1, 0.15) is 20.8 Å². The molecule has 3 unspecified atom stereocenters. The molecule has 0 saturated heterocycles. The average molecular weight is 192 g/mol. The minimum Gasteiger partial charge on any atom is -0.396 e. The predicted octanol–water partition coefficient (Wildman–Crippen LogP) is -0.647. The largest absolute Gasteiger partial charge is 0.396 e. The Morgan fingerprint density at radius 2 is 1.31 bits per heavy atom. The molecule has 0 amide bonds. The van der Waals surface area contributed by atoms with Gasteiger partial charge in [0.15, 0.2) is 0 Å². The molecule has 13 heavy (non-hydrogen) atoms. The Balaban J connectivity index is 4.15. The lowest BCUT2D eigenvalue weighted by Crippen LogP contribution is -2.44. The van der Waals surface area contributed by atoms with Gasteiger partial charge in [0.1, 0.15) is 6.10 Å². The highest BCUT2D eigenvalue weighted by molar-refractivity contribution is 4.80. The molecule has 0 aromatic carbocycles. The Kier molecular flexibility index (Phi) is 5.48. The normalized spacial score (nSPS) is 21.2. The summed E-state index contributed by atoms with van der Waals surface area (Å²) in [6.45, 7) is 4.92. The Bertz CT molecular complexity index is 138. The molecule has 0 aliphatic rings. The summed E-state index contributed by atoms with van der Waals surface area (Å²) in [5.74, 6) is -0.543. The Morgan fingerprint density at radius 1 is 0.846 bits per heavy atom. The quantitative estimate of drug-likeness (QED) is 0.467. The zero-order chi connectivity index (χ0) is 10.6. The first kappa shape index (κ1) is 12.8. The topological polar surface area (TPSA) is 80.9 Å². The van der Waals surface area contributed by atoms with Gasteiger partial charge in [-0.1, -0.05) is 20.8 Å². The van der Waals surface area contributed by atoms with Crippen LogP contribution in [-0.4, -0.2) is 45.3 Å². The maximum absolute atomic E-state index is 9.45. The van der Waals surface area contributed by atoms with E-state index in [1.165, 1.54) is 0 Å². The summed E-state index contributed by atoms with van der Waals surface area (Å²) in [7, 11) is 0. The minimum absolute atomic E-state index is 0.115. The van der Waals surface area contributed by atoms with Crippen LogP contribution < -0.4 is 0 Å². The highest BCUT2D eigenvalue weighted by Crippen LogP contribution is 2.14. The minimum atomic E-state index is -1.19. The van der Waals surface area contributed by atoms with Crippen LogP contribution >= 0.6 is 0 Å². The summed E-state index contributed by atoms with van der Waals surface area (Å²) in [5.41, 5.74) is 0. The second-order valence-corrected chi connectivity index (χ2v) is 3.88. The highest BCUT2D eigenvalue weighted by atomic mass is 16.4. The van der Waals surface area contributed by atoms with Crippen LogP contribution in [-0.2, 0) is 0 Å². The van der Waals surface area contributed by atoms with Crippen molar-refractivity contribution >= 4 is 0 Å². The molecule has 0 spiro atoms. The molecule has 0 aromatic heterocycles. The first-order valence-electron chi connectivity index (χ1n) is 4.56. The molecule has 0 saturated carbocycles. The van der Waals surface area contributed by atoms with Gasteiger partial charge in [0.2, 0.25) is 0 Å². The van der Waals surface area contributed by atoms with Crippen molar-refractivity contribution in [1.82, 2.24) is 0 Å². The standard InChI is InChI=1S/C9H20O4/c1-5(2)7(11)9(13)8(12)6(3)4-10/h5-13H,4H2,1-3H3/t6?,7-,8?,9?/m0/s1. The van der Waals surface area contributed by atoms with Crippen LogP contribution in [0.25, 0.3) is 0 Å². The predicted molar refractivity (Wildman–Crippen MR) is 49.1 cm³/mol. The molecule has 0 aliphatic heterocycles. The Labute approximate surface area is 78.8 Å². The number of rotatable bonds is 5. The molecular formula is C9H20O4. The number of aliphatic hydroxyl groups excluding tert-OH is 4. The molecular weight excluding hydrogens is 172 g/mol. The van der Waals surface area contributed by atoms with Crippen molar-refractivity contribution in [2.24, 2.45) is 11.8 Å². The summed E-state index contributed by atoms with van der Waals surface area (Å²) in [6.07, 6.45) is -3.23. The van der Waals surface area contributed by atoms with E-state index < -0.39 is 24.2 Å². The number of aliphatic hydroxyl groups is 4. The SMILES string of the molecule is CC(CO)C(O)C(O)[C@@H](O)C(C)C. The van der Waals surface area contributed by atoms with Crippen LogP contribution in [0.4, 0.5) is 0 Å². The third-order valence-electron chi connectivity index (χ3n) is 2.25. The molecule has 80 valence electrons. The maximum Gasteiger partial charge on any atom is 0.106 e. The summed E-state index contributed by atoms with van der Waals surface area (Å²) in [6, 6.07) is 0. The van der Waals surface area contributed by atoms with Crippen LogP contribution in [0.15, 0.2) is 0 Å². The van der Waals surface area contributed by atoms with Gasteiger partial charge in [-0.3, -0.25) is 0 Å². The molecule has 0 radical (unpaired) electrons. The number of hydrogen-bond donors (Lipinski definition) is 4. The van der Waals surface area contributed by atoms with Crippen molar-refractivity contribution in [2.45, 2.75) is 39.1 Å². The van der Waals surface area contributed by atoms with E-state index in [2.05, 4.69) is 0 Å². The smallest absolute Gasteiger partial charge is 0.106 e. The molecule has 0 fully saturated rings. The van der Waals surface area contributed by atoms with E-state index in [0.717, 1.165) is 0 Å². The van der Waals surface area contributed by atoms with Gasteiger partial charge in [-0.05, 0) is 5.92 Å². The van der Waals surface area contributed by atoms with Crippen molar-refractivity contribution in [3.05, 3.63) is 0 Å². The Hall–Kier alpha value is -0.160. The zero-order valence-corrected chi connectivity index (χ0v) is 8.38. The third kappa shape index (κ3) is 3.60. The van der Waals surface area contributed by atoms with Crippen molar-refractivity contribution in [3.63, 3.8) is 0 Å². The fourth-order valence-corrected chi connectivity index (χ4v) is 1.04. The molecule has 0 aliphatic carbocycles. The van der Waals surface area contributed by atoms with Crippen LogP contribution in [0, 0.1) is 11.8 Å². The van der Waals surface area contributed by atoms with Gasteiger partial charge in [0.25, 0.3) is 0 Å². The lowest BCUT2D eigenvalue weighted by molar-refractivity contribution is -0.0979. The van der Waals surface area contributed by atoms with Crippen molar-refractivity contribution in [2.75, 3.05) is 6.61 Å². The first-order valence-corrected chi connectivity index (χ1v) is 4.56. The molecule has 0 rings (SSSR count). The highest BCUT2D eigenvalue weighted by Gasteiger charge is 2.30. The van der Waals surface area contributed by atoms with Gasteiger partial charge in [0.05, 0.1) is 12.2 Å². The fraction of sp³-hybridized carbons (Fsp3) is 1.00. The van der Waals surface area contributed by atoms with E-state index in [9.17, 15) is 15.3 Å². The van der Waals surface area contributed by atoms with Gasteiger partial charge >= 0.3 is 0 Å². The monoisotopic (exact) mass is 192 g/mol. The molecule has 0 heterocycles. The van der Waals surface area contributed by atoms with Gasteiger partial charge in [0, 0.05) is 12.5 Å². The van der Waals surface area contributed by atoms with Gasteiger partial charge < -0.3 is 20.4 Å². The second kappa shape index (κ2) is 5.54. The lowest BCUT2D eigenvalue weighted by Gasteiger charge is -2.28. The van der Waals surface area contributed by atoms with Crippen molar-refractivity contribution in [1.29, 1.82) is 0 Å². The second-order valence-electron chi connectivity index (χ2n) is 3.88. The van der Waals surface area contributed by atoms with Crippen molar-refractivity contribution in [3.8, 4) is 0 Å². The molecule has 4 N–H and O–H groups in total.